The quantitative estimate of drug-likeness (QED) is 0.00872. The number of ether oxygens (including phenoxy) is 1. The fraction of sp³-hybridized carbons (Fsp3) is 0.368. The molecule has 3 aliphatic heterocycles. The number of imide groups is 1. The molecule has 0 bridgehead atoms. The summed E-state index contributed by atoms with van der Waals surface area (Å²) in [5.74, 6) is -2.87. The van der Waals surface area contributed by atoms with Crippen LogP contribution < -0.4 is 47.3 Å². The number of hydrogen-bond donors (Lipinski definition) is 8. The Hall–Kier alpha value is -8.10. The van der Waals surface area contributed by atoms with Gasteiger partial charge in [0, 0.05) is 145 Å². The third kappa shape index (κ3) is 15.5. The summed E-state index contributed by atoms with van der Waals surface area (Å²) in [5.41, 5.74) is 8.65. The van der Waals surface area contributed by atoms with Crippen LogP contribution in [-0.4, -0.2) is 154 Å². The zero-order chi connectivity index (χ0) is 58.5. The highest BCUT2D eigenvalue weighted by Gasteiger charge is 2.37. The van der Waals surface area contributed by atoms with Crippen LogP contribution in [0.1, 0.15) is 83.7 Å². The highest BCUT2D eigenvalue weighted by Crippen LogP contribution is 2.46. The number of nitrogens with two attached hydrogens (primary N) is 1. The van der Waals surface area contributed by atoms with E-state index in [0.717, 1.165) is 34.3 Å². The molecule has 0 spiro atoms. The minimum Gasteiger partial charge on any atom is -0.409 e. The molecule has 0 radical (unpaired) electrons. The van der Waals surface area contributed by atoms with Crippen LogP contribution in [0.4, 0.5) is 31.4 Å². The summed E-state index contributed by atoms with van der Waals surface area (Å²) in [4.78, 5) is 139. The van der Waals surface area contributed by atoms with E-state index in [1.165, 1.54) is 36.4 Å². The summed E-state index contributed by atoms with van der Waals surface area (Å²) in [7, 11) is 2.01. The molecular weight excluding hydrogens is 1190 g/mol. The van der Waals surface area contributed by atoms with Crippen molar-refractivity contribution in [3.8, 4) is 5.75 Å². The van der Waals surface area contributed by atoms with Gasteiger partial charge in [-0.15, -0.1) is 11.6 Å². The van der Waals surface area contributed by atoms with Crippen LogP contribution in [0.15, 0.2) is 91.0 Å². The maximum absolute atomic E-state index is 14.5. The molecule has 3 aliphatic rings. The van der Waals surface area contributed by atoms with E-state index in [1.54, 1.807) is 62.7 Å². The number of H-pyrrole nitrogens is 1. The summed E-state index contributed by atoms with van der Waals surface area (Å²) >= 11 is 8.15. The van der Waals surface area contributed by atoms with E-state index >= 15 is 0 Å². The number of alkyl halides is 1. The van der Waals surface area contributed by atoms with Crippen LogP contribution >= 0.6 is 34.2 Å². The van der Waals surface area contributed by atoms with E-state index in [4.69, 9.17) is 22.1 Å². The van der Waals surface area contributed by atoms with Crippen LogP contribution in [0.5, 0.6) is 5.75 Å². The number of piperazine rings is 1. The zero-order valence-electron chi connectivity index (χ0n) is 45.0. The van der Waals surface area contributed by atoms with Crippen LogP contribution in [-0.2, 0) is 24.0 Å². The van der Waals surface area contributed by atoms with E-state index in [1.807, 2.05) is 31.3 Å². The molecule has 1 saturated heterocycles. The Morgan fingerprint density at radius 3 is 2.11 bits per heavy atom. The first kappa shape index (κ1) is 60.0. The lowest BCUT2D eigenvalue weighted by molar-refractivity contribution is -0.137. The molecule has 3 atom stereocenters. The molecule has 0 unspecified atom stereocenters. The molecule has 4 aromatic carbocycles. The molecule has 0 aliphatic carbocycles. The number of carbonyl (C=O) groups excluding carboxylic acids is 10. The summed E-state index contributed by atoms with van der Waals surface area (Å²) in [6.45, 7) is 3.36. The second-order valence-electron chi connectivity index (χ2n) is 20.2. The molecule has 23 nitrogen and oxygen atoms in total. The Balaban J connectivity index is 0.894. The molecule has 25 heteroatoms. The fourth-order valence-electron chi connectivity index (χ4n) is 10.0. The van der Waals surface area contributed by atoms with Gasteiger partial charge < -0.3 is 62.1 Å². The monoisotopic (exact) mass is 1250 g/mol. The molecule has 0 saturated carbocycles. The number of halogens is 2. The number of aromatic amines is 1. The van der Waals surface area contributed by atoms with Crippen molar-refractivity contribution in [2.24, 2.45) is 5.73 Å². The average molecular weight is 1260 g/mol. The maximum atomic E-state index is 14.5. The van der Waals surface area contributed by atoms with Crippen LogP contribution in [0.3, 0.4) is 0 Å². The number of rotatable bonds is 24. The summed E-state index contributed by atoms with van der Waals surface area (Å²) in [6, 6.07) is 19.3. The first-order chi connectivity index (χ1) is 39.5. The van der Waals surface area contributed by atoms with Gasteiger partial charge in [0.15, 0.2) is 0 Å². The third-order valence-electron chi connectivity index (χ3n) is 14.4. The van der Waals surface area contributed by atoms with Gasteiger partial charge >= 0.3 is 12.1 Å². The van der Waals surface area contributed by atoms with Crippen molar-refractivity contribution >= 4 is 130 Å². The number of aromatic nitrogens is 1. The van der Waals surface area contributed by atoms with Crippen molar-refractivity contribution in [2.45, 2.75) is 69.4 Å². The molecule has 8 rings (SSSR count). The number of carbonyl (C=O) groups is 10. The lowest BCUT2D eigenvalue weighted by Crippen LogP contribution is -2.53. The Kier molecular flexibility index (Phi) is 20.5. The number of anilines is 3. The minimum atomic E-state index is -1.14. The smallest absolute Gasteiger partial charge is 0.409 e. The number of hydrogen-bond acceptors (Lipinski definition) is 12. The summed E-state index contributed by atoms with van der Waals surface area (Å²) in [5, 5.41) is 18.5. The van der Waals surface area contributed by atoms with Gasteiger partial charge in [-0.3, -0.25) is 43.3 Å². The second-order valence-corrected chi connectivity index (χ2v) is 21.5. The molecule has 1 aromatic heterocycles. The van der Waals surface area contributed by atoms with Crippen molar-refractivity contribution in [3.63, 3.8) is 0 Å². The van der Waals surface area contributed by atoms with Gasteiger partial charge in [-0.2, -0.15) is 0 Å². The van der Waals surface area contributed by atoms with E-state index in [9.17, 15) is 47.9 Å². The van der Waals surface area contributed by atoms with Crippen LogP contribution in [0.25, 0.3) is 21.7 Å². The molecular formula is C57H64ClIN12O11. The standard InChI is InChI=1S/C57H64ClIN12O11/c1-68-25-27-69(28-26-68)57(81)82-46-31-45-50(40-10-5-4-9-39(40)46)36(32-58)33-71(45)54(78)44-30-35-29-38(18-19-41(35)65-44)64-51(75)34-14-16-37(17-15-34)63-52(76)43(12-7-22-61-55(59)79)67-53(77)42(11-8-23-62-56(60)80)66-47(72)13-3-2-6-24-70-48(73)20-21-49(70)74/h4-5,9-10,14-21,29-31,36,42-43,65H,2-3,6-8,11-13,22-28,32-33H2,1H3,(H,61,79)(H,63,76)(H,64,75)(H,66,72)(H,67,77)(H3,60,62,80)/t36-,42+,43+/m1/s1. The van der Waals surface area contributed by atoms with Crippen molar-refractivity contribution in [3.05, 3.63) is 108 Å². The SMILES string of the molecule is CN1CCN(C(=O)Oc2cc3c(c4ccccc24)[C@H](CCl)CN3C(=O)c2cc3cc(NC(=O)c4ccc(NC(=O)[C@H](CCCNC(=O)I)NC(=O)[C@H](CCCNC(N)=O)NC(=O)CCCCCN5C(=O)C=CC5=O)cc4)ccc3[nH]2)CC1. The average Bonchev–Trinajstić information content (AvgIpc) is 4.35. The molecule has 11 amide bonds. The van der Waals surface area contributed by atoms with E-state index < -0.39 is 47.8 Å². The highest BCUT2D eigenvalue weighted by molar-refractivity contribution is 14.1. The summed E-state index contributed by atoms with van der Waals surface area (Å²) in [6.07, 6.45) is 4.11. The van der Waals surface area contributed by atoms with Gasteiger partial charge in [0.2, 0.25) is 17.7 Å². The normalized spacial score (nSPS) is 15.7. The topological polar surface area (TPSA) is 307 Å². The number of urea groups is 1. The van der Waals surface area contributed by atoms with E-state index in [-0.39, 0.29) is 84.3 Å². The number of nitrogens with zero attached hydrogens (tertiary/aromatic N) is 4. The molecule has 82 heavy (non-hydrogen) atoms. The largest absolute Gasteiger partial charge is 0.415 e. The zero-order valence-corrected chi connectivity index (χ0v) is 47.9. The molecule has 4 heterocycles. The Bertz CT molecular complexity index is 3270. The number of likely N-dealkylation sites (N-methyl/N-ethyl adjacent to an activating group) is 1. The van der Waals surface area contributed by atoms with Crippen LogP contribution in [0.2, 0.25) is 0 Å². The number of amides is 11. The van der Waals surface area contributed by atoms with Gasteiger partial charge in [0.05, 0.1) is 5.69 Å². The lowest BCUT2D eigenvalue weighted by Gasteiger charge is -2.31. The van der Waals surface area contributed by atoms with Gasteiger partial charge in [0.1, 0.15) is 23.5 Å². The number of primary amides is 1. The van der Waals surface area contributed by atoms with Crippen molar-refractivity contribution in [1.29, 1.82) is 0 Å². The number of fused-ring (bicyclic) bond motifs is 4. The number of unbranched alkanes of at least 4 members (excludes halogenated alkanes) is 2. The van der Waals surface area contributed by atoms with Crippen molar-refractivity contribution < 1.29 is 52.7 Å². The predicted molar refractivity (Wildman–Crippen MR) is 317 cm³/mol. The fourth-order valence-corrected chi connectivity index (χ4v) is 10.6. The Labute approximate surface area is 490 Å². The van der Waals surface area contributed by atoms with E-state index in [2.05, 4.69) is 41.8 Å². The second kappa shape index (κ2) is 28.1. The predicted octanol–water partition coefficient (Wildman–Crippen LogP) is 6.07. The third-order valence-corrected chi connectivity index (χ3v) is 15.2. The number of benzene rings is 4. The van der Waals surface area contributed by atoms with Gasteiger partial charge in [-0.05, 0) is 105 Å². The van der Waals surface area contributed by atoms with Gasteiger partial charge in [0.25, 0.3) is 27.5 Å². The molecule has 5 aromatic rings. The number of nitrogens with one attached hydrogen (secondary N) is 7. The van der Waals surface area contributed by atoms with Crippen molar-refractivity contribution in [1.82, 2.24) is 41.0 Å². The van der Waals surface area contributed by atoms with Gasteiger partial charge in [-0.25, -0.2) is 9.59 Å². The Morgan fingerprint density at radius 2 is 1.43 bits per heavy atom. The highest BCUT2D eigenvalue weighted by atomic mass is 127. The Morgan fingerprint density at radius 1 is 0.756 bits per heavy atom. The van der Waals surface area contributed by atoms with Crippen LogP contribution in [0, 0.1) is 0 Å². The first-order valence-corrected chi connectivity index (χ1v) is 28.6. The molecule has 432 valence electrons. The van der Waals surface area contributed by atoms with Gasteiger partial charge in [-0.1, -0.05) is 30.7 Å². The lowest BCUT2D eigenvalue weighted by atomic mass is 9.95. The molecule has 1 fully saturated rings. The first-order valence-electron chi connectivity index (χ1n) is 27.0. The summed E-state index contributed by atoms with van der Waals surface area (Å²) < 4.78 is 5.75. The molecule has 9 N–H and O–H groups in total. The van der Waals surface area contributed by atoms with E-state index in [0.29, 0.717) is 84.7 Å². The minimum absolute atomic E-state index is 0.0366. The maximum Gasteiger partial charge on any atom is 0.415 e. The van der Waals surface area contributed by atoms with Crippen molar-refractivity contribution in [2.75, 3.05) is 80.8 Å².